The van der Waals surface area contributed by atoms with Crippen LogP contribution < -0.4 is 0 Å². The van der Waals surface area contributed by atoms with Gasteiger partial charge in [-0.3, -0.25) is 0 Å². The Hall–Kier alpha value is -1.37. The summed E-state index contributed by atoms with van der Waals surface area (Å²) in [5, 5.41) is 1.76. The highest BCUT2D eigenvalue weighted by atomic mass is 19.1. The summed E-state index contributed by atoms with van der Waals surface area (Å²) in [5.74, 6) is -0.123. The highest BCUT2D eigenvalue weighted by molar-refractivity contribution is 5.87. The van der Waals surface area contributed by atoms with Crippen LogP contribution in [0, 0.1) is 12.7 Å². The van der Waals surface area contributed by atoms with Crippen LogP contribution in [0.15, 0.2) is 30.3 Å². The molecule has 0 fully saturated rings. The van der Waals surface area contributed by atoms with E-state index in [1.807, 2.05) is 12.1 Å². The topological polar surface area (TPSA) is 0 Å². The zero-order valence-corrected chi connectivity index (χ0v) is 10.3. The zero-order chi connectivity index (χ0) is 11.9. The standard InChI is InChI=1S/C15H17F/c1-10-8-11-6-5-7-13(16)14(11)12(9-10)15(2,3)4/h5-9H,1-4H3. The minimum Gasteiger partial charge on any atom is -0.206 e. The number of hydrogen-bond acceptors (Lipinski definition) is 0. The first kappa shape index (κ1) is 11.1. The van der Waals surface area contributed by atoms with Crippen LogP contribution in [0.2, 0.25) is 0 Å². The molecule has 1 heteroatoms. The smallest absolute Gasteiger partial charge is 0.131 e. The third-order valence-electron chi connectivity index (χ3n) is 2.88. The van der Waals surface area contributed by atoms with Crippen molar-refractivity contribution in [2.75, 3.05) is 0 Å². The second kappa shape index (κ2) is 3.58. The van der Waals surface area contributed by atoms with Crippen molar-refractivity contribution < 1.29 is 4.39 Å². The van der Waals surface area contributed by atoms with E-state index in [1.165, 1.54) is 11.6 Å². The molecular weight excluding hydrogens is 199 g/mol. The lowest BCUT2D eigenvalue weighted by molar-refractivity contribution is 0.586. The Kier molecular flexibility index (Phi) is 2.49. The number of fused-ring (bicyclic) bond motifs is 1. The molecule has 0 atom stereocenters. The summed E-state index contributed by atoms with van der Waals surface area (Å²) < 4.78 is 13.9. The van der Waals surface area contributed by atoms with Gasteiger partial charge in [-0.2, -0.15) is 0 Å². The number of halogens is 1. The van der Waals surface area contributed by atoms with E-state index in [0.717, 1.165) is 16.3 Å². The molecule has 0 amide bonds. The van der Waals surface area contributed by atoms with Crippen LogP contribution >= 0.6 is 0 Å². The number of aryl methyl sites for hydroxylation is 1. The Morgan fingerprint density at radius 3 is 2.38 bits per heavy atom. The summed E-state index contributed by atoms with van der Waals surface area (Å²) in [5.41, 5.74) is 2.23. The molecule has 0 aromatic heterocycles. The van der Waals surface area contributed by atoms with E-state index < -0.39 is 0 Å². The molecular formula is C15H17F. The summed E-state index contributed by atoms with van der Waals surface area (Å²) in [6.45, 7) is 8.41. The normalized spacial score (nSPS) is 12.1. The third kappa shape index (κ3) is 1.82. The van der Waals surface area contributed by atoms with Gasteiger partial charge in [-0.1, -0.05) is 50.6 Å². The van der Waals surface area contributed by atoms with Crippen molar-refractivity contribution in [3.8, 4) is 0 Å². The van der Waals surface area contributed by atoms with Crippen LogP contribution in [0.1, 0.15) is 31.9 Å². The summed E-state index contributed by atoms with van der Waals surface area (Å²) in [4.78, 5) is 0. The van der Waals surface area contributed by atoms with Crippen molar-refractivity contribution in [1.29, 1.82) is 0 Å². The molecule has 0 N–H and O–H groups in total. The predicted molar refractivity (Wildman–Crippen MR) is 67.3 cm³/mol. The predicted octanol–water partition coefficient (Wildman–Crippen LogP) is 4.58. The fourth-order valence-corrected chi connectivity index (χ4v) is 2.12. The number of rotatable bonds is 0. The van der Waals surface area contributed by atoms with E-state index in [4.69, 9.17) is 0 Å². The quantitative estimate of drug-likeness (QED) is 0.604. The Morgan fingerprint density at radius 1 is 1.06 bits per heavy atom. The minimum absolute atomic E-state index is 0.0353. The molecule has 2 rings (SSSR count). The van der Waals surface area contributed by atoms with Crippen LogP contribution in [0.4, 0.5) is 4.39 Å². The molecule has 0 nitrogen and oxygen atoms in total. The fourth-order valence-electron chi connectivity index (χ4n) is 2.12. The number of benzene rings is 2. The highest BCUT2D eigenvalue weighted by Crippen LogP contribution is 2.32. The van der Waals surface area contributed by atoms with Gasteiger partial charge in [0.25, 0.3) is 0 Å². The third-order valence-corrected chi connectivity index (χ3v) is 2.88. The van der Waals surface area contributed by atoms with Crippen LogP contribution in [-0.4, -0.2) is 0 Å². The van der Waals surface area contributed by atoms with Gasteiger partial charge in [0.2, 0.25) is 0 Å². The van der Waals surface area contributed by atoms with Crippen LogP contribution in [0.25, 0.3) is 10.8 Å². The molecule has 0 spiro atoms. The van der Waals surface area contributed by atoms with Gasteiger partial charge < -0.3 is 0 Å². The fraction of sp³-hybridized carbons (Fsp3) is 0.333. The van der Waals surface area contributed by atoms with Crippen molar-refractivity contribution in [1.82, 2.24) is 0 Å². The summed E-state index contributed by atoms with van der Waals surface area (Å²) in [7, 11) is 0. The van der Waals surface area contributed by atoms with Gasteiger partial charge in [-0.05, 0) is 29.4 Å². The summed E-state index contributed by atoms with van der Waals surface area (Å²) in [6, 6.07) is 9.40. The second-order valence-corrected chi connectivity index (χ2v) is 5.40. The average molecular weight is 216 g/mol. The molecule has 0 saturated heterocycles. The first-order chi connectivity index (χ1) is 7.39. The molecule has 0 unspecified atom stereocenters. The Morgan fingerprint density at radius 2 is 1.75 bits per heavy atom. The van der Waals surface area contributed by atoms with Gasteiger partial charge >= 0.3 is 0 Å². The zero-order valence-electron chi connectivity index (χ0n) is 10.3. The van der Waals surface area contributed by atoms with Gasteiger partial charge in [-0.15, -0.1) is 0 Å². The van der Waals surface area contributed by atoms with Crippen LogP contribution in [0.5, 0.6) is 0 Å². The Bertz CT molecular complexity index is 533. The van der Waals surface area contributed by atoms with Gasteiger partial charge in [0.05, 0.1) is 0 Å². The van der Waals surface area contributed by atoms with E-state index in [-0.39, 0.29) is 11.2 Å². The van der Waals surface area contributed by atoms with E-state index in [0.29, 0.717) is 0 Å². The Labute approximate surface area is 96.1 Å². The van der Waals surface area contributed by atoms with E-state index in [9.17, 15) is 4.39 Å². The minimum atomic E-state index is -0.123. The van der Waals surface area contributed by atoms with Gasteiger partial charge in [0.15, 0.2) is 0 Å². The maximum Gasteiger partial charge on any atom is 0.131 e. The molecule has 0 saturated carbocycles. The lowest BCUT2D eigenvalue weighted by Gasteiger charge is -2.22. The molecule has 16 heavy (non-hydrogen) atoms. The first-order valence-electron chi connectivity index (χ1n) is 5.59. The maximum absolute atomic E-state index is 13.9. The van der Waals surface area contributed by atoms with Gasteiger partial charge in [0, 0.05) is 5.39 Å². The lowest BCUT2D eigenvalue weighted by Crippen LogP contribution is -2.12. The van der Waals surface area contributed by atoms with E-state index in [1.54, 1.807) is 6.07 Å². The van der Waals surface area contributed by atoms with Crippen molar-refractivity contribution >= 4 is 10.8 Å². The lowest BCUT2D eigenvalue weighted by atomic mass is 9.82. The highest BCUT2D eigenvalue weighted by Gasteiger charge is 2.19. The van der Waals surface area contributed by atoms with Crippen molar-refractivity contribution in [2.45, 2.75) is 33.1 Å². The van der Waals surface area contributed by atoms with Gasteiger partial charge in [0.1, 0.15) is 5.82 Å². The molecule has 2 aromatic rings. The molecule has 2 aromatic carbocycles. The molecule has 0 bridgehead atoms. The Balaban J connectivity index is 2.91. The van der Waals surface area contributed by atoms with Crippen molar-refractivity contribution in [3.63, 3.8) is 0 Å². The number of hydrogen-bond donors (Lipinski definition) is 0. The summed E-state index contributed by atoms with van der Waals surface area (Å²) >= 11 is 0. The molecule has 0 radical (unpaired) electrons. The molecule has 0 aliphatic carbocycles. The summed E-state index contributed by atoms with van der Waals surface area (Å²) in [6.07, 6.45) is 0. The molecule has 0 aliphatic rings. The largest absolute Gasteiger partial charge is 0.206 e. The average Bonchev–Trinajstić information content (AvgIpc) is 2.15. The monoisotopic (exact) mass is 216 g/mol. The SMILES string of the molecule is Cc1cc(C(C)(C)C)c2c(F)cccc2c1. The van der Waals surface area contributed by atoms with E-state index >= 15 is 0 Å². The van der Waals surface area contributed by atoms with E-state index in [2.05, 4.69) is 33.8 Å². The molecule has 0 heterocycles. The first-order valence-corrected chi connectivity index (χ1v) is 5.59. The molecule has 84 valence electrons. The van der Waals surface area contributed by atoms with Crippen molar-refractivity contribution in [2.24, 2.45) is 0 Å². The van der Waals surface area contributed by atoms with Gasteiger partial charge in [-0.25, -0.2) is 4.39 Å². The molecule has 0 aliphatic heterocycles. The van der Waals surface area contributed by atoms with Crippen LogP contribution in [0.3, 0.4) is 0 Å². The van der Waals surface area contributed by atoms with Crippen molar-refractivity contribution in [3.05, 3.63) is 47.3 Å². The van der Waals surface area contributed by atoms with Crippen LogP contribution in [-0.2, 0) is 5.41 Å². The maximum atomic E-state index is 13.9. The second-order valence-electron chi connectivity index (χ2n) is 5.40.